The summed E-state index contributed by atoms with van der Waals surface area (Å²) in [5.41, 5.74) is 0.0306. The van der Waals surface area contributed by atoms with Gasteiger partial charge in [0, 0.05) is 4.90 Å². The summed E-state index contributed by atoms with van der Waals surface area (Å²) >= 11 is 1.62. The second-order valence-corrected chi connectivity index (χ2v) is 4.54. The van der Waals surface area contributed by atoms with Gasteiger partial charge in [-0.25, -0.2) is 0 Å². The highest BCUT2D eigenvalue weighted by molar-refractivity contribution is 7.98. The fourth-order valence-electron chi connectivity index (χ4n) is 1.14. The first-order chi connectivity index (χ1) is 6.48. The van der Waals surface area contributed by atoms with E-state index in [0.717, 1.165) is 10.5 Å². The first kappa shape index (κ1) is 11.1. The van der Waals surface area contributed by atoms with Gasteiger partial charge >= 0.3 is 5.97 Å². The van der Waals surface area contributed by atoms with E-state index >= 15 is 0 Å². The quantitative estimate of drug-likeness (QED) is 0.779. The van der Waals surface area contributed by atoms with Crippen molar-refractivity contribution in [2.45, 2.75) is 24.2 Å². The summed E-state index contributed by atoms with van der Waals surface area (Å²) in [6, 6.07) is 7.66. The zero-order chi connectivity index (χ0) is 10.8. The summed E-state index contributed by atoms with van der Waals surface area (Å²) in [5.74, 6) is -0.796. The molecule has 0 aliphatic carbocycles. The largest absolute Gasteiger partial charge is 0.481 e. The van der Waals surface area contributed by atoms with Gasteiger partial charge in [0.15, 0.2) is 0 Å². The van der Waals surface area contributed by atoms with E-state index in [2.05, 4.69) is 0 Å². The van der Waals surface area contributed by atoms with Gasteiger partial charge in [0.2, 0.25) is 0 Å². The average Bonchev–Trinajstić information content (AvgIpc) is 2.17. The van der Waals surface area contributed by atoms with E-state index in [-0.39, 0.29) is 0 Å². The van der Waals surface area contributed by atoms with E-state index in [1.54, 1.807) is 25.6 Å². The van der Waals surface area contributed by atoms with Gasteiger partial charge in [-0.1, -0.05) is 12.1 Å². The molecule has 2 nitrogen and oxygen atoms in total. The molecule has 0 unspecified atom stereocenters. The van der Waals surface area contributed by atoms with Crippen molar-refractivity contribution in [1.82, 2.24) is 0 Å². The van der Waals surface area contributed by atoms with Crippen molar-refractivity contribution in [3.8, 4) is 0 Å². The lowest BCUT2D eigenvalue weighted by Gasteiger charge is -2.19. The van der Waals surface area contributed by atoms with Crippen LogP contribution in [0.2, 0.25) is 0 Å². The zero-order valence-electron chi connectivity index (χ0n) is 8.57. The van der Waals surface area contributed by atoms with Gasteiger partial charge in [-0.05, 0) is 37.8 Å². The lowest BCUT2D eigenvalue weighted by atomic mass is 9.85. The van der Waals surface area contributed by atoms with Gasteiger partial charge in [0.05, 0.1) is 5.41 Å². The zero-order valence-corrected chi connectivity index (χ0v) is 9.39. The molecule has 0 aliphatic rings. The highest BCUT2D eigenvalue weighted by Gasteiger charge is 2.29. The number of aliphatic carboxylic acids is 1. The smallest absolute Gasteiger partial charge is 0.313 e. The molecular formula is C11H14O2S. The van der Waals surface area contributed by atoms with E-state index in [4.69, 9.17) is 5.11 Å². The molecule has 1 N–H and O–H groups in total. The number of thioether (sulfide) groups is 1. The predicted octanol–water partition coefficient (Wildman–Crippen LogP) is 2.77. The van der Waals surface area contributed by atoms with Crippen LogP contribution in [0.25, 0.3) is 0 Å². The van der Waals surface area contributed by atoms with Crippen LogP contribution >= 0.6 is 11.8 Å². The molecule has 1 aromatic carbocycles. The minimum atomic E-state index is -0.814. The number of carboxylic acid groups (broad SMARTS) is 1. The molecule has 1 aromatic rings. The molecule has 0 fully saturated rings. The van der Waals surface area contributed by atoms with Crippen molar-refractivity contribution in [2.75, 3.05) is 6.26 Å². The highest BCUT2D eigenvalue weighted by atomic mass is 32.2. The van der Waals surface area contributed by atoms with Crippen LogP contribution in [0, 0.1) is 0 Å². The van der Waals surface area contributed by atoms with E-state index < -0.39 is 11.4 Å². The Kier molecular flexibility index (Phi) is 3.21. The van der Waals surface area contributed by atoms with Crippen molar-refractivity contribution in [3.05, 3.63) is 29.8 Å². The van der Waals surface area contributed by atoms with Crippen LogP contribution < -0.4 is 0 Å². The standard InChI is InChI=1S/C11H14O2S/c1-11(2,10(12)13)8-5-4-6-9(7-8)14-3/h4-7H,1-3H3,(H,12,13). The summed E-state index contributed by atoms with van der Waals surface area (Å²) in [5, 5.41) is 9.05. The number of carbonyl (C=O) groups is 1. The molecule has 0 aromatic heterocycles. The molecule has 1 rings (SSSR count). The minimum absolute atomic E-state index is 0.796. The lowest BCUT2D eigenvalue weighted by molar-refractivity contribution is -0.142. The van der Waals surface area contributed by atoms with Crippen molar-refractivity contribution >= 4 is 17.7 Å². The maximum absolute atomic E-state index is 11.0. The molecule has 0 amide bonds. The normalized spacial score (nSPS) is 11.4. The number of benzene rings is 1. The second-order valence-electron chi connectivity index (χ2n) is 3.66. The average molecular weight is 210 g/mol. The van der Waals surface area contributed by atoms with Gasteiger partial charge in [-0.2, -0.15) is 0 Å². The molecule has 14 heavy (non-hydrogen) atoms. The Morgan fingerprint density at radius 3 is 2.57 bits per heavy atom. The fourth-order valence-corrected chi connectivity index (χ4v) is 1.59. The number of hydrogen-bond acceptors (Lipinski definition) is 2. The van der Waals surface area contributed by atoms with Crippen LogP contribution in [-0.4, -0.2) is 17.3 Å². The molecule has 3 heteroatoms. The topological polar surface area (TPSA) is 37.3 Å². The molecule has 0 radical (unpaired) electrons. The van der Waals surface area contributed by atoms with E-state index in [1.165, 1.54) is 0 Å². The van der Waals surface area contributed by atoms with Gasteiger partial charge in [-0.3, -0.25) is 4.79 Å². The van der Waals surface area contributed by atoms with E-state index in [9.17, 15) is 4.79 Å². The monoisotopic (exact) mass is 210 g/mol. The van der Waals surface area contributed by atoms with E-state index in [1.807, 2.05) is 30.5 Å². The van der Waals surface area contributed by atoms with Crippen LogP contribution in [0.5, 0.6) is 0 Å². The van der Waals surface area contributed by atoms with Crippen molar-refractivity contribution in [3.63, 3.8) is 0 Å². The molecule has 76 valence electrons. The summed E-state index contributed by atoms with van der Waals surface area (Å²) in [6.45, 7) is 3.43. The minimum Gasteiger partial charge on any atom is -0.481 e. The number of carboxylic acids is 1. The molecule has 0 aliphatic heterocycles. The molecular weight excluding hydrogens is 196 g/mol. The molecule has 0 atom stereocenters. The van der Waals surface area contributed by atoms with Gasteiger partial charge < -0.3 is 5.11 Å². The lowest BCUT2D eigenvalue weighted by Crippen LogP contribution is -2.28. The Morgan fingerprint density at radius 2 is 2.07 bits per heavy atom. The third kappa shape index (κ3) is 2.10. The first-order valence-electron chi connectivity index (χ1n) is 4.36. The fraction of sp³-hybridized carbons (Fsp3) is 0.364. The Morgan fingerprint density at radius 1 is 1.43 bits per heavy atom. The van der Waals surface area contributed by atoms with E-state index in [0.29, 0.717) is 0 Å². The Bertz CT molecular complexity index is 345. The summed E-state index contributed by atoms with van der Waals surface area (Å²) in [6.07, 6.45) is 1.98. The Labute approximate surface area is 88.3 Å². The number of hydrogen-bond donors (Lipinski definition) is 1. The van der Waals surface area contributed by atoms with Crippen LogP contribution in [0.1, 0.15) is 19.4 Å². The molecule has 0 saturated heterocycles. The molecule has 0 bridgehead atoms. The predicted molar refractivity (Wildman–Crippen MR) is 58.9 cm³/mol. The molecule has 0 heterocycles. The van der Waals surface area contributed by atoms with Crippen molar-refractivity contribution in [2.24, 2.45) is 0 Å². The summed E-state index contributed by atoms with van der Waals surface area (Å²) in [7, 11) is 0. The molecule has 0 spiro atoms. The highest BCUT2D eigenvalue weighted by Crippen LogP contribution is 2.26. The summed E-state index contributed by atoms with van der Waals surface area (Å²) < 4.78 is 0. The number of rotatable bonds is 3. The molecule has 0 saturated carbocycles. The first-order valence-corrected chi connectivity index (χ1v) is 5.59. The Balaban J connectivity index is 3.12. The van der Waals surface area contributed by atoms with Gasteiger partial charge in [0.1, 0.15) is 0 Å². The second kappa shape index (κ2) is 4.05. The van der Waals surface area contributed by atoms with Gasteiger partial charge in [-0.15, -0.1) is 11.8 Å². The third-order valence-electron chi connectivity index (χ3n) is 2.33. The maximum atomic E-state index is 11.0. The van der Waals surface area contributed by atoms with Crippen LogP contribution in [0.15, 0.2) is 29.2 Å². The maximum Gasteiger partial charge on any atom is 0.313 e. The third-order valence-corrected chi connectivity index (χ3v) is 3.05. The van der Waals surface area contributed by atoms with Crippen LogP contribution in [0.4, 0.5) is 0 Å². The van der Waals surface area contributed by atoms with Crippen LogP contribution in [0.3, 0.4) is 0 Å². The summed E-state index contributed by atoms with van der Waals surface area (Å²) in [4.78, 5) is 12.1. The Hall–Kier alpha value is -0.960. The van der Waals surface area contributed by atoms with Crippen molar-refractivity contribution < 1.29 is 9.90 Å². The van der Waals surface area contributed by atoms with Crippen LogP contribution in [-0.2, 0) is 10.2 Å². The van der Waals surface area contributed by atoms with Crippen molar-refractivity contribution in [1.29, 1.82) is 0 Å². The van der Waals surface area contributed by atoms with Gasteiger partial charge in [0.25, 0.3) is 0 Å². The SMILES string of the molecule is CSc1cccc(C(C)(C)C(=O)O)c1.